The number of nitrogens with zero attached hydrogens (tertiary/aromatic N) is 3. The number of hydrogen-bond acceptors (Lipinski definition) is 3. The minimum Gasteiger partial charge on any atom is -0.490 e. The fourth-order valence-corrected chi connectivity index (χ4v) is 3.20. The van der Waals surface area contributed by atoms with E-state index in [9.17, 15) is 0 Å². The fraction of sp³-hybridized carbons (Fsp3) is 0.421. The second-order valence-corrected chi connectivity index (χ2v) is 6.79. The van der Waals surface area contributed by atoms with E-state index >= 15 is 0 Å². The van der Waals surface area contributed by atoms with E-state index < -0.39 is 0 Å². The molecule has 6 nitrogen and oxygen atoms in total. The van der Waals surface area contributed by atoms with Gasteiger partial charge < -0.3 is 24.3 Å². The van der Waals surface area contributed by atoms with Gasteiger partial charge >= 0.3 is 0 Å². The highest BCUT2D eigenvalue weighted by Crippen LogP contribution is 2.30. The van der Waals surface area contributed by atoms with Crippen LogP contribution >= 0.6 is 35.6 Å². The van der Waals surface area contributed by atoms with Gasteiger partial charge in [0.25, 0.3) is 0 Å². The molecule has 1 N–H and O–H groups in total. The predicted molar refractivity (Wildman–Crippen MR) is 120 cm³/mol. The number of aromatic nitrogens is 1. The van der Waals surface area contributed by atoms with Gasteiger partial charge in [-0.05, 0) is 23.8 Å². The molecule has 2 heterocycles. The first-order valence-corrected chi connectivity index (χ1v) is 9.05. The van der Waals surface area contributed by atoms with Crippen LogP contribution in [0, 0.1) is 0 Å². The van der Waals surface area contributed by atoms with Gasteiger partial charge in [-0.15, -0.1) is 24.0 Å². The number of fused-ring (bicyclic) bond motifs is 1. The second-order valence-electron chi connectivity index (χ2n) is 6.35. The van der Waals surface area contributed by atoms with Gasteiger partial charge in [0.1, 0.15) is 0 Å². The van der Waals surface area contributed by atoms with Gasteiger partial charge in [0.15, 0.2) is 17.5 Å². The quantitative estimate of drug-likeness (QED) is 0.392. The van der Waals surface area contributed by atoms with E-state index in [-0.39, 0.29) is 24.0 Å². The third kappa shape index (κ3) is 5.68. The molecule has 0 radical (unpaired) electrons. The summed E-state index contributed by atoms with van der Waals surface area (Å²) >= 11 is 6.07. The Bertz CT molecular complexity index is 794. The monoisotopic (exact) mass is 504 g/mol. The number of rotatable bonds is 4. The van der Waals surface area contributed by atoms with Crippen molar-refractivity contribution < 1.29 is 9.47 Å². The van der Waals surface area contributed by atoms with E-state index in [1.807, 2.05) is 49.1 Å². The first-order chi connectivity index (χ1) is 12.6. The van der Waals surface area contributed by atoms with Gasteiger partial charge in [-0.25, -0.2) is 0 Å². The van der Waals surface area contributed by atoms with Crippen LogP contribution in [-0.2, 0) is 20.1 Å². The normalized spacial score (nSPS) is 13.6. The summed E-state index contributed by atoms with van der Waals surface area (Å²) in [6.45, 7) is 2.75. The van der Waals surface area contributed by atoms with Crippen molar-refractivity contribution in [1.29, 1.82) is 0 Å². The molecule has 0 saturated heterocycles. The van der Waals surface area contributed by atoms with Crippen molar-refractivity contribution in [3.05, 3.63) is 46.7 Å². The van der Waals surface area contributed by atoms with Crippen LogP contribution in [-0.4, -0.2) is 42.7 Å². The lowest BCUT2D eigenvalue weighted by molar-refractivity contribution is 0.297. The van der Waals surface area contributed by atoms with E-state index in [1.54, 1.807) is 7.05 Å². The molecule has 0 spiro atoms. The van der Waals surface area contributed by atoms with Crippen molar-refractivity contribution in [3.63, 3.8) is 0 Å². The molecule has 1 aliphatic rings. The minimum atomic E-state index is 0. The molecule has 0 aliphatic carbocycles. The Morgan fingerprint density at radius 1 is 1.26 bits per heavy atom. The standard InChI is InChI=1S/C19H25ClN4O2.HI/c1-21-19(24(3)13-16-10-15(20)12-23(16)2)22-11-14-5-6-17-18(9-14)26-8-4-7-25-17;/h5-6,9-10,12H,4,7-8,11,13H2,1-3H3,(H,21,22);1H. The van der Waals surface area contributed by atoms with Gasteiger partial charge in [-0.1, -0.05) is 17.7 Å². The summed E-state index contributed by atoms with van der Waals surface area (Å²) in [6, 6.07) is 8.01. The molecule has 148 valence electrons. The Kier molecular flexibility index (Phi) is 8.09. The van der Waals surface area contributed by atoms with Gasteiger partial charge in [0.2, 0.25) is 0 Å². The molecule has 0 bridgehead atoms. The van der Waals surface area contributed by atoms with Gasteiger partial charge in [0, 0.05) is 46.0 Å². The summed E-state index contributed by atoms with van der Waals surface area (Å²) < 4.78 is 13.5. The molecule has 0 saturated carbocycles. The molecule has 0 unspecified atom stereocenters. The summed E-state index contributed by atoms with van der Waals surface area (Å²) in [6.07, 6.45) is 2.81. The van der Waals surface area contributed by atoms with E-state index in [2.05, 4.69) is 15.2 Å². The van der Waals surface area contributed by atoms with Gasteiger partial charge in [0.05, 0.1) is 24.8 Å². The summed E-state index contributed by atoms with van der Waals surface area (Å²) in [4.78, 5) is 6.44. The number of halogens is 2. The first-order valence-electron chi connectivity index (χ1n) is 8.68. The Balaban J connectivity index is 0.00000261. The maximum Gasteiger partial charge on any atom is 0.194 e. The minimum absolute atomic E-state index is 0. The first kappa shape index (κ1) is 21.7. The van der Waals surface area contributed by atoms with Crippen LogP contribution in [0.4, 0.5) is 0 Å². The number of benzene rings is 1. The second kappa shape index (κ2) is 10.1. The third-order valence-corrected chi connectivity index (χ3v) is 4.52. The highest BCUT2D eigenvalue weighted by Gasteiger charge is 2.12. The predicted octanol–water partition coefficient (Wildman–Crippen LogP) is 3.67. The third-order valence-electron chi connectivity index (χ3n) is 4.31. The summed E-state index contributed by atoms with van der Waals surface area (Å²) in [5.74, 6) is 2.44. The summed E-state index contributed by atoms with van der Waals surface area (Å²) in [7, 11) is 5.78. The SMILES string of the molecule is CN=C(NCc1ccc2c(c1)OCCCO2)N(C)Cc1cc(Cl)cn1C.I. The average Bonchev–Trinajstić information content (AvgIpc) is 2.81. The topological polar surface area (TPSA) is 51.0 Å². The molecule has 27 heavy (non-hydrogen) atoms. The molecular formula is C19H26ClIN4O2. The summed E-state index contributed by atoms with van der Waals surface area (Å²) in [5.41, 5.74) is 2.24. The van der Waals surface area contributed by atoms with Crippen molar-refractivity contribution in [2.24, 2.45) is 12.0 Å². The largest absolute Gasteiger partial charge is 0.490 e. The Morgan fingerprint density at radius 3 is 2.67 bits per heavy atom. The number of hydrogen-bond donors (Lipinski definition) is 1. The molecule has 0 fully saturated rings. The lowest BCUT2D eigenvalue weighted by Gasteiger charge is -2.22. The maximum absolute atomic E-state index is 6.07. The molecule has 0 atom stereocenters. The zero-order valence-electron chi connectivity index (χ0n) is 15.9. The van der Waals surface area contributed by atoms with E-state index in [0.717, 1.165) is 40.2 Å². The Morgan fingerprint density at radius 2 is 2.00 bits per heavy atom. The van der Waals surface area contributed by atoms with Crippen LogP contribution in [0.5, 0.6) is 11.5 Å². The zero-order valence-corrected chi connectivity index (χ0v) is 19.0. The van der Waals surface area contributed by atoms with Crippen LogP contribution in [0.15, 0.2) is 35.5 Å². The zero-order chi connectivity index (χ0) is 18.5. The molecule has 3 rings (SSSR count). The molecule has 0 amide bonds. The highest BCUT2D eigenvalue weighted by molar-refractivity contribution is 14.0. The maximum atomic E-state index is 6.07. The van der Waals surface area contributed by atoms with Gasteiger partial charge in [-0.2, -0.15) is 0 Å². The van der Waals surface area contributed by atoms with Crippen molar-refractivity contribution in [3.8, 4) is 11.5 Å². The summed E-state index contributed by atoms with van der Waals surface area (Å²) in [5, 5.41) is 4.13. The number of aryl methyl sites for hydroxylation is 1. The smallest absolute Gasteiger partial charge is 0.194 e. The molecule has 1 aliphatic heterocycles. The number of ether oxygens (including phenoxy) is 2. The molecular weight excluding hydrogens is 479 g/mol. The average molecular weight is 505 g/mol. The Labute approximate surface area is 182 Å². The molecule has 1 aromatic heterocycles. The van der Waals surface area contributed by atoms with Crippen LogP contribution in [0.1, 0.15) is 17.7 Å². The molecule has 1 aromatic carbocycles. The van der Waals surface area contributed by atoms with Crippen LogP contribution in [0.2, 0.25) is 5.02 Å². The van der Waals surface area contributed by atoms with E-state index in [4.69, 9.17) is 21.1 Å². The lowest BCUT2D eigenvalue weighted by Crippen LogP contribution is -2.38. The van der Waals surface area contributed by atoms with Crippen molar-refractivity contribution >= 4 is 41.5 Å². The highest BCUT2D eigenvalue weighted by atomic mass is 127. The number of nitrogens with one attached hydrogen (secondary N) is 1. The van der Waals surface area contributed by atoms with Crippen LogP contribution in [0.25, 0.3) is 0 Å². The van der Waals surface area contributed by atoms with Crippen LogP contribution in [0.3, 0.4) is 0 Å². The molecule has 2 aromatic rings. The van der Waals surface area contributed by atoms with Crippen LogP contribution < -0.4 is 14.8 Å². The number of guanidine groups is 1. The van der Waals surface area contributed by atoms with Crippen molar-refractivity contribution in [1.82, 2.24) is 14.8 Å². The van der Waals surface area contributed by atoms with Crippen molar-refractivity contribution in [2.75, 3.05) is 27.3 Å². The van der Waals surface area contributed by atoms with E-state index in [1.165, 1.54) is 0 Å². The van der Waals surface area contributed by atoms with Gasteiger partial charge in [-0.3, -0.25) is 4.99 Å². The Hall–Kier alpha value is -1.61. The fourth-order valence-electron chi connectivity index (χ4n) is 2.92. The number of aliphatic imine (C=N–C) groups is 1. The van der Waals surface area contributed by atoms with E-state index in [0.29, 0.717) is 26.3 Å². The molecule has 8 heteroatoms. The lowest BCUT2D eigenvalue weighted by atomic mass is 10.2. The van der Waals surface area contributed by atoms with Crippen molar-refractivity contribution in [2.45, 2.75) is 19.5 Å².